The largest absolute Gasteiger partial charge is 0.508 e. The summed E-state index contributed by atoms with van der Waals surface area (Å²) in [5, 5.41) is 11.7. The molecule has 1 saturated heterocycles. The summed E-state index contributed by atoms with van der Waals surface area (Å²) in [5.74, 6) is 2.49. The van der Waals surface area contributed by atoms with Gasteiger partial charge in [0.15, 0.2) is 0 Å². The zero-order valence-corrected chi connectivity index (χ0v) is 27.2. The van der Waals surface area contributed by atoms with Crippen LogP contribution in [0.25, 0.3) is 10.8 Å². The topological polar surface area (TPSA) is 88.0 Å². The van der Waals surface area contributed by atoms with Crippen LogP contribution in [0.3, 0.4) is 0 Å². The summed E-state index contributed by atoms with van der Waals surface area (Å²) in [5.41, 5.74) is 3.74. The van der Waals surface area contributed by atoms with E-state index in [2.05, 4.69) is 34.6 Å². The van der Waals surface area contributed by atoms with E-state index in [0.717, 1.165) is 68.0 Å². The lowest BCUT2D eigenvalue weighted by Crippen LogP contribution is -2.41. The molecule has 3 heterocycles. The van der Waals surface area contributed by atoms with Crippen LogP contribution >= 0.6 is 0 Å². The van der Waals surface area contributed by atoms with E-state index in [0.29, 0.717) is 42.2 Å². The molecule has 0 bridgehead atoms. The molecule has 2 aromatic carbocycles. The van der Waals surface area contributed by atoms with E-state index in [9.17, 15) is 9.90 Å². The highest BCUT2D eigenvalue weighted by Gasteiger charge is 2.45. The van der Waals surface area contributed by atoms with Crippen molar-refractivity contribution in [3.8, 4) is 24.1 Å². The zero-order valence-electron chi connectivity index (χ0n) is 27.2. The molecular weight excluding hydrogens is 564 g/mol. The van der Waals surface area contributed by atoms with Gasteiger partial charge in [-0.1, -0.05) is 70.4 Å². The number of hydrogen-bond donors (Lipinski definition) is 1. The number of phenols is 1. The van der Waals surface area contributed by atoms with Crippen LogP contribution in [0.1, 0.15) is 98.1 Å². The molecule has 8 heteroatoms. The Morgan fingerprint density at radius 3 is 2.47 bits per heavy atom. The molecular formula is C37H48N4O4. The van der Waals surface area contributed by atoms with E-state index in [1.54, 1.807) is 17.0 Å². The number of benzene rings is 2. The average Bonchev–Trinajstić information content (AvgIpc) is 3.67. The number of carbonyl (C=O) groups excluding carboxylic acids is 1. The summed E-state index contributed by atoms with van der Waals surface area (Å²) in [6, 6.07) is 8.96. The van der Waals surface area contributed by atoms with Gasteiger partial charge >= 0.3 is 6.01 Å². The first-order chi connectivity index (χ1) is 21.9. The highest BCUT2D eigenvalue weighted by Crippen LogP contribution is 2.46. The second-order valence-corrected chi connectivity index (χ2v) is 12.8. The Bertz CT molecular complexity index is 1520. The molecule has 3 aromatic rings. The normalized spacial score (nSPS) is 16.9. The van der Waals surface area contributed by atoms with Crippen LogP contribution in [-0.4, -0.2) is 70.2 Å². The van der Waals surface area contributed by atoms with Crippen molar-refractivity contribution in [1.82, 2.24) is 19.8 Å². The second kappa shape index (κ2) is 15.1. The number of fused-ring (bicyclic) bond motifs is 2. The van der Waals surface area contributed by atoms with Gasteiger partial charge in [0.05, 0.1) is 44.2 Å². The van der Waals surface area contributed by atoms with Gasteiger partial charge in [-0.25, -0.2) is 4.98 Å². The van der Waals surface area contributed by atoms with Crippen LogP contribution in [0.15, 0.2) is 30.3 Å². The molecule has 45 heavy (non-hydrogen) atoms. The van der Waals surface area contributed by atoms with Gasteiger partial charge in [0.25, 0.3) is 5.91 Å². The Balaban J connectivity index is 0.000000444. The first kappa shape index (κ1) is 32.7. The number of phenolic OH excluding ortho intramolecular Hbond substituents is 1. The first-order valence-electron chi connectivity index (χ1n) is 16.7. The van der Waals surface area contributed by atoms with Crippen molar-refractivity contribution in [1.29, 1.82) is 0 Å². The fourth-order valence-corrected chi connectivity index (χ4v) is 6.30. The van der Waals surface area contributed by atoms with Crippen molar-refractivity contribution in [2.24, 2.45) is 5.41 Å². The van der Waals surface area contributed by atoms with E-state index >= 15 is 0 Å². The van der Waals surface area contributed by atoms with Gasteiger partial charge in [-0.05, 0) is 43.4 Å². The molecule has 2 aliphatic heterocycles. The number of aromatic hydroxyl groups is 1. The minimum atomic E-state index is -0.203. The third-order valence-electron chi connectivity index (χ3n) is 9.19. The number of unbranched alkanes of at least 4 members (excludes halogenated alkanes) is 5. The molecule has 0 radical (unpaired) electrons. The van der Waals surface area contributed by atoms with Crippen LogP contribution in [0.4, 0.5) is 0 Å². The molecule has 1 aliphatic carbocycles. The maximum absolute atomic E-state index is 13.7. The van der Waals surface area contributed by atoms with Gasteiger partial charge in [0.1, 0.15) is 5.75 Å². The number of morpholine rings is 1. The smallest absolute Gasteiger partial charge is 0.316 e. The molecule has 1 aromatic heterocycles. The molecule has 6 rings (SSSR count). The zero-order chi connectivity index (χ0) is 31.8. The van der Waals surface area contributed by atoms with Gasteiger partial charge < -0.3 is 19.5 Å². The van der Waals surface area contributed by atoms with Crippen molar-refractivity contribution in [3.05, 3.63) is 58.4 Å². The van der Waals surface area contributed by atoms with E-state index in [1.165, 1.54) is 44.6 Å². The molecule has 1 amide bonds. The number of amides is 1. The summed E-state index contributed by atoms with van der Waals surface area (Å²) in [4.78, 5) is 27.1. The SMILES string of the molecule is C#Cc1cccc2cc(O)cc(C(=O)N3Cc4nc(OCC5(CN6CCOCC6)CC5)nc(C)c4C3)c12.CCCCCCCC. The number of terminal acetylenes is 1. The predicted octanol–water partition coefficient (Wildman–Crippen LogP) is 6.64. The van der Waals surface area contributed by atoms with Gasteiger partial charge in [-0.2, -0.15) is 4.98 Å². The molecule has 240 valence electrons. The average molecular weight is 613 g/mol. The van der Waals surface area contributed by atoms with Crippen LogP contribution in [0.2, 0.25) is 0 Å². The number of aryl methyl sites for hydroxylation is 1. The monoisotopic (exact) mass is 612 g/mol. The van der Waals surface area contributed by atoms with E-state index in [-0.39, 0.29) is 17.1 Å². The van der Waals surface area contributed by atoms with Crippen LogP contribution < -0.4 is 4.74 Å². The predicted molar refractivity (Wildman–Crippen MR) is 177 cm³/mol. The highest BCUT2D eigenvalue weighted by molar-refractivity contribution is 6.09. The van der Waals surface area contributed by atoms with Crippen molar-refractivity contribution < 1.29 is 19.4 Å². The minimum Gasteiger partial charge on any atom is -0.508 e. The number of hydrogen-bond acceptors (Lipinski definition) is 7. The van der Waals surface area contributed by atoms with Crippen LogP contribution in [-0.2, 0) is 17.8 Å². The summed E-state index contributed by atoms with van der Waals surface area (Å²) < 4.78 is 11.6. The Labute approximate surface area is 268 Å². The van der Waals surface area contributed by atoms with Crippen molar-refractivity contribution >= 4 is 16.7 Å². The Morgan fingerprint density at radius 1 is 1.07 bits per heavy atom. The summed E-state index contributed by atoms with van der Waals surface area (Å²) in [7, 11) is 0. The summed E-state index contributed by atoms with van der Waals surface area (Å²) in [6.45, 7) is 12.3. The Kier molecular flexibility index (Phi) is 11.0. The maximum atomic E-state index is 13.7. The van der Waals surface area contributed by atoms with Gasteiger partial charge in [0, 0.05) is 47.3 Å². The van der Waals surface area contributed by atoms with E-state index in [4.69, 9.17) is 15.9 Å². The molecule has 0 spiro atoms. The van der Waals surface area contributed by atoms with Crippen molar-refractivity contribution in [2.45, 2.75) is 85.2 Å². The summed E-state index contributed by atoms with van der Waals surface area (Å²) in [6.07, 6.45) is 16.5. The maximum Gasteiger partial charge on any atom is 0.316 e. The second-order valence-electron chi connectivity index (χ2n) is 12.8. The lowest BCUT2D eigenvalue weighted by atomic mass is 9.98. The molecule has 8 nitrogen and oxygen atoms in total. The van der Waals surface area contributed by atoms with E-state index in [1.807, 2.05) is 19.1 Å². The third-order valence-corrected chi connectivity index (χ3v) is 9.19. The first-order valence-corrected chi connectivity index (χ1v) is 16.7. The fraction of sp³-hybridized carbons (Fsp3) is 0.541. The number of nitrogens with zero attached hydrogens (tertiary/aromatic N) is 4. The van der Waals surface area contributed by atoms with Gasteiger partial charge in [0.2, 0.25) is 0 Å². The molecule has 0 unspecified atom stereocenters. The molecule has 1 N–H and O–H groups in total. The number of ether oxygens (including phenoxy) is 2. The van der Waals surface area contributed by atoms with Crippen LogP contribution in [0.5, 0.6) is 11.8 Å². The lowest BCUT2D eigenvalue weighted by Gasteiger charge is -2.30. The van der Waals surface area contributed by atoms with Crippen molar-refractivity contribution in [3.63, 3.8) is 0 Å². The minimum absolute atomic E-state index is 0.0273. The van der Waals surface area contributed by atoms with E-state index < -0.39 is 0 Å². The number of rotatable bonds is 11. The lowest BCUT2D eigenvalue weighted by molar-refractivity contribution is 0.0231. The third kappa shape index (κ3) is 8.14. The molecule has 1 saturated carbocycles. The molecule has 0 atom stereocenters. The number of aromatic nitrogens is 2. The number of carbonyl (C=O) groups is 1. The van der Waals surface area contributed by atoms with Crippen LogP contribution in [0, 0.1) is 24.7 Å². The fourth-order valence-electron chi connectivity index (χ4n) is 6.30. The highest BCUT2D eigenvalue weighted by atomic mass is 16.5. The molecule has 3 aliphatic rings. The quantitative estimate of drug-likeness (QED) is 0.192. The standard InChI is InChI=1S/C29H30N4O4.C8H18/c1-3-20-5-4-6-21-13-22(34)14-23(26(20)21)27(35)33-15-24-19(2)30-28(31-25(24)16-33)37-18-29(7-8-29)17-32-9-11-36-12-10-32;1-3-5-7-8-6-4-2/h1,4-6,13-14,34H,7-12,15-18H2,2H3;3-8H2,1-2H3. The van der Waals surface area contributed by atoms with Crippen molar-refractivity contribution in [2.75, 3.05) is 39.5 Å². The van der Waals surface area contributed by atoms with Gasteiger partial charge in [-0.15, -0.1) is 6.42 Å². The van der Waals surface area contributed by atoms with Gasteiger partial charge in [-0.3, -0.25) is 9.69 Å². The molecule has 2 fully saturated rings. The Hall–Kier alpha value is -3.67. The Morgan fingerprint density at radius 2 is 1.80 bits per heavy atom. The summed E-state index contributed by atoms with van der Waals surface area (Å²) >= 11 is 0.